The van der Waals surface area contributed by atoms with Crippen LogP contribution in [0.15, 0.2) is 0 Å². The minimum Gasteiger partial charge on any atom is -0.373 e. The maximum atomic E-state index is 5.71. The van der Waals surface area contributed by atoms with E-state index in [-0.39, 0.29) is 5.60 Å². The van der Waals surface area contributed by atoms with Gasteiger partial charge in [0.15, 0.2) is 0 Å². The van der Waals surface area contributed by atoms with E-state index in [1.165, 1.54) is 32.2 Å². The van der Waals surface area contributed by atoms with Crippen LogP contribution < -0.4 is 5.32 Å². The smallest absolute Gasteiger partial charge is 0.0753 e. The highest BCUT2D eigenvalue weighted by atomic mass is 16.5. The third-order valence-corrected chi connectivity index (χ3v) is 3.72. The Balaban J connectivity index is 1.61. The van der Waals surface area contributed by atoms with Gasteiger partial charge in [0.25, 0.3) is 0 Å². The number of hydrogen-bond donors (Lipinski definition) is 1. The molecule has 1 aliphatic carbocycles. The van der Waals surface area contributed by atoms with E-state index in [0.717, 1.165) is 32.3 Å². The number of nitrogens with one attached hydrogen (secondary N) is 1. The Morgan fingerprint density at radius 3 is 2.75 bits per heavy atom. The van der Waals surface area contributed by atoms with Crippen molar-refractivity contribution in [2.24, 2.45) is 0 Å². The van der Waals surface area contributed by atoms with E-state index in [4.69, 9.17) is 4.74 Å². The topological polar surface area (TPSA) is 24.5 Å². The van der Waals surface area contributed by atoms with Crippen LogP contribution in [0.25, 0.3) is 0 Å². The molecule has 0 atom stereocenters. The van der Waals surface area contributed by atoms with Gasteiger partial charge >= 0.3 is 0 Å². The highest BCUT2D eigenvalue weighted by molar-refractivity contribution is 4.80. The van der Waals surface area contributed by atoms with Crippen LogP contribution in [-0.4, -0.2) is 49.3 Å². The Morgan fingerprint density at radius 1 is 1.31 bits per heavy atom. The second-order valence-corrected chi connectivity index (χ2v) is 5.82. The summed E-state index contributed by atoms with van der Waals surface area (Å²) >= 11 is 0. The molecule has 0 bridgehead atoms. The molecule has 0 aromatic carbocycles. The standard InChI is InChI=1S/C13H26N2O/c1-13(2)11-15(9-10-16-13)8-7-14-12-5-3-4-6-12/h12,14H,3-11H2,1-2H3. The van der Waals surface area contributed by atoms with E-state index >= 15 is 0 Å². The molecule has 1 aliphatic heterocycles. The highest BCUT2D eigenvalue weighted by Crippen LogP contribution is 2.18. The van der Waals surface area contributed by atoms with E-state index in [2.05, 4.69) is 24.1 Å². The molecule has 16 heavy (non-hydrogen) atoms. The van der Waals surface area contributed by atoms with Gasteiger partial charge in [-0.25, -0.2) is 0 Å². The average Bonchev–Trinajstić information content (AvgIpc) is 2.69. The maximum Gasteiger partial charge on any atom is 0.0753 e. The van der Waals surface area contributed by atoms with E-state index in [9.17, 15) is 0 Å². The van der Waals surface area contributed by atoms with Crippen LogP contribution in [0, 0.1) is 0 Å². The molecule has 2 fully saturated rings. The first kappa shape index (κ1) is 12.3. The second-order valence-electron chi connectivity index (χ2n) is 5.82. The van der Waals surface area contributed by atoms with Crippen molar-refractivity contribution in [2.45, 2.75) is 51.2 Å². The van der Waals surface area contributed by atoms with Gasteiger partial charge in [0, 0.05) is 32.2 Å². The molecule has 2 aliphatic rings. The number of morpholine rings is 1. The first-order chi connectivity index (χ1) is 7.66. The quantitative estimate of drug-likeness (QED) is 0.788. The van der Waals surface area contributed by atoms with Gasteiger partial charge in [-0.1, -0.05) is 12.8 Å². The minimum atomic E-state index is 0.0472. The van der Waals surface area contributed by atoms with Crippen LogP contribution in [0.3, 0.4) is 0 Å². The van der Waals surface area contributed by atoms with Crippen LogP contribution in [0.5, 0.6) is 0 Å². The second kappa shape index (κ2) is 5.48. The molecule has 3 nitrogen and oxygen atoms in total. The summed E-state index contributed by atoms with van der Waals surface area (Å²) < 4.78 is 5.71. The fraction of sp³-hybridized carbons (Fsp3) is 1.00. The molecule has 0 spiro atoms. The summed E-state index contributed by atoms with van der Waals surface area (Å²) in [7, 11) is 0. The molecule has 0 aromatic rings. The molecule has 2 rings (SSSR count). The summed E-state index contributed by atoms with van der Waals surface area (Å²) in [6.45, 7) is 9.72. The summed E-state index contributed by atoms with van der Waals surface area (Å²) in [5.74, 6) is 0. The molecule has 3 heteroatoms. The predicted octanol–water partition coefficient (Wildman–Crippen LogP) is 1.63. The lowest BCUT2D eigenvalue weighted by molar-refractivity contribution is -0.0855. The third kappa shape index (κ3) is 3.72. The fourth-order valence-corrected chi connectivity index (χ4v) is 2.86. The molecule has 1 N–H and O–H groups in total. The molecule has 0 aromatic heterocycles. The fourth-order valence-electron chi connectivity index (χ4n) is 2.86. The molecule has 0 radical (unpaired) electrons. The number of nitrogens with zero attached hydrogens (tertiary/aromatic N) is 1. The van der Waals surface area contributed by atoms with Gasteiger partial charge in [0.2, 0.25) is 0 Å². The van der Waals surface area contributed by atoms with Gasteiger partial charge in [-0.2, -0.15) is 0 Å². The van der Waals surface area contributed by atoms with Gasteiger partial charge < -0.3 is 10.1 Å². The number of rotatable bonds is 4. The van der Waals surface area contributed by atoms with Gasteiger partial charge in [-0.15, -0.1) is 0 Å². The van der Waals surface area contributed by atoms with E-state index < -0.39 is 0 Å². The van der Waals surface area contributed by atoms with Crippen molar-refractivity contribution in [2.75, 3.05) is 32.8 Å². The molecular formula is C13H26N2O. The van der Waals surface area contributed by atoms with Crippen molar-refractivity contribution < 1.29 is 4.74 Å². The van der Waals surface area contributed by atoms with Crippen molar-refractivity contribution >= 4 is 0 Å². The van der Waals surface area contributed by atoms with Crippen molar-refractivity contribution in [3.8, 4) is 0 Å². The van der Waals surface area contributed by atoms with E-state index in [1.54, 1.807) is 0 Å². The molecule has 0 amide bonds. The van der Waals surface area contributed by atoms with Crippen LogP contribution in [-0.2, 0) is 4.74 Å². The predicted molar refractivity (Wildman–Crippen MR) is 66.7 cm³/mol. The molecule has 0 unspecified atom stereocenters. The lowest BCUT2D eigenvalue weighted by Gasteiger charge is -2.38. The van der Waals surface area contributed by atoms with E-state index in [1.807, 2.05) is 0 Å². The SMILES string of the molecule is CC1(C)CN(CCNC2CCCC2)CCO1. The number of ether oxygens (including phenoxy) is 1. The normalized spacial score (nSPS) is 27.4. The minimum absolute atomic E-state index is 0.0472. The summed E-state index contributed by atoms with van der Waals surface area (Å²) in [6.07, 6.45) is 5.60. The summed E-state index contributed by atoms with van der Waals surface area (Å²) in [5.41, 5.74) is 0.0472. The van der Waals surface area contributed by atoms with Crippen molar-refractivity contribution in [3.05, 3.63) is 0 Å². The van der Waals surface area contributed by atoms with Gasteiger partial charge in [-0.05, 0) is 26.7 Å². The molecule has 1 heterocycles. The third-order valence-electron chi connectivity index (χ3n) is 3.72. The molecular weight excluding hydrogens is 200 g/mol. The van der Waals surface area contributed by atoms with Crippen molar-refractivity contribution in [1.29, 1.82) is 0 Å². The van der Waals surface area contributed by atoms with Gasteiger partial charge in [0.1, 0.15) is 0 Å². The van der Waals surface area contributed by atoms with Crippen LogP contribution in [0.4, 0.5) is 0 Å². The Labute approximate surface area is 99.5 Å². The average molecular weight is 226 g/mol. The van der Waals surface area contributed by atoms with Crippen LogP contribution >= 0.6 is 0 Å². The Morgan fingerprint density at radius 2 is 2.06 bits per heavy atom. The molecule has 1 saturated heterocycles. The summed E-state index contributed by atoms with van der Waals surface area (Å²) in [4.78, 5) is 2.52. The van der Waals surface area contributed by atoms with Crippen LogP contribution in [0.1, 0.15) is 39.5 Å². The van der Waals surface area contributed by atoms with Crippen molar-refractivity contribution in [1.82, 2.24) is 10.2 Å². The monoisotopic (exact) mass is 226 g/mol. The van der Waals surface area contributed by atoms with E-state index in [0.29, 0.717) is 0 Å². The zero-order valence-corrected chi connectivity index (χ0v) is 10.8. The number of hydrogen-bond acceptors (Lipinski definition) is 3. The Bertz CT molecular complexity index is 212. The van der Waals surface area contributed by atoms with Crippen molar-refractivity contribution in [3.63, 3.8) is 0 Å². The summed E-state index contributed by atoms with van der Waals surface area (Å²) in [5, 5.41) is 3.67. The molecule has 94 valence electrons. The first-order valence-corrected chi connectivity index (χ1v) is 6.75. The largest absolute Gasteiger partial charge is 0.373 e. The van der Waals surface area contributed by atoms with Gasteiger partial charge in [0.05, 0.1) is 12.2 Å². The lowest BCUT2D eigenvalue weighted by atomic mass is 10.1. The van der Waals surface area contributed by atoms with Crippen LogP contribution in [0.2, 0.25) is 0 Å². The Kier molecular flexibility index (Phi) is 4.22. The first-order valence-electron chi connectivity index (χ1n) is 6.75. The zero-order valence-electron chi connectivity index (χ0n) is 10.8. The maximum absolute atomic E-state index is 5.71. The highest BCUT2D eigenvalue weighted by Gasteiger charge is 2.26. The molecule has 1 saturated carbocycles. The zero-order chi connectivity index (χ0) is 11.4. The summed E-state index contributed by atoms with van der Waals surface area (Å²) in [6, 6.07) is 0.800. The van der Waals surface area contributed by atoms with Gasteiger partial charge in [-0.3, -0.25) is 4.90 Å². The lowest BCUT2D eigenvalue weighted by Crippen LogP contribution is -2.50. The Hall–Kier alpha value is -0.120.